The van der Waals surface area contributed by atoms with E-state index in [1.807, 2.05) is 13.0 Å². The summed E-state index contributed by atoms with van der Waals surface area (Å²) < 4.78 is 25.1. The second-order valence-corrected chi connectivity index (χ2v) is 9.94. The maximum Gasteiger partial charge on any atom is 0.269 e. The number of rotatable bonds is 6. The minimum Gasteiger partial charge on any atom is -0.258 e. The van der Waals surface area contributed by atoms with Crippen molar-refractivity contribution in [2.45, 2.75) is 16.5 Å². The third kappa shape index (κ3) is 4.59. The predicted molar refractivity (Wildman–Crippen MR) is 124 cm³/mol. The van der Waals surface area contributed by atoms with Crippen LogP contribution in [-0.4, -0.2) is 28.5 Å². The van der Waals surface area contributed by atoms with Crippen LogP contribution in [0.4, 0.5) is 5.69 Å². The number of nitro benzene ring substituents is 1. The molecule has 166 valence electrons. The summed E-state index contributed by atoms with van der Waals surface area (Å²) in [5, 5.41) is 19.3. The van der Waals surface area contributed by atoms with Gasteiger partial charge in [0.15, 0.2) is 10.5 Å². The van der Waals surface area contributed by atoms with Crippen molar-refractivity contribution in [2.75, 3.05) is 0 Å². The lowest BCUT2D eigenvalue weighted by Gasteiger charge is -2.15. The van der Waals surface area contributed by atoms with Crippen LogP contribution in [0.15, 0.2) is 83.8 Å². The zero-order valence-corrected chi connectivity index (χ0v) is 18.9. The summed E-state index contributed by atoms with van der Waals surface area (Å²) in [4.78, 5) is 14.9. The van der Waals surface area contributed by atoms with Crippen LogP contribution in [0.5, 0.6) is 0 Å². The highest BCUT2D eigenvalue weighted by Crippen LogP contribution is 2.37. The normalized spacial score (nSPS) is 12.3. The van der Waals surface area contributed by atoms with Crippen molar-refractivity contribution in [2.24, 2.45) is 0 Å². The fraction of sp³-hybridized carbons (Fsp3) is 0.0870. The molecule has 0 aliphatic rings. The molecule has 1 atom stereocenters. The minimum absolute atomic E-state index is 0.0202. The highest BCUT2D eigenvalue weighted by Gasteiger charge is 2.32. The van der Waals surface area contributed by atoms with Gasteiger partial charge < -0.3 is 0 Å². The molecule has 0 fully saturated rings. The Balaban J connectivity index is 1.85. The SMILES string of the molecule is Cc1ccc(S(=O)(=O)C(Cl)c2nc(-c3ccc([N+](=O)[O-])cc3)nnc2-c2ccccc2)cc1. The van der Waals surface area contributed by atoms with Crippen LogP contribution in [0.3, 0.4) is 0 Å². The molecule has 33 heavy (non-hydrogen) atoms. The number of hydrogen-bond acceptors (Lipinski definition) is 7. The first-order valence-electron chi connectivity index (χ1n) is 9.77. The van der Waals surface area contributed by atoms with E-state index in [4.69, 9.17) is 11.6 Å². The molecule has 1 unspecified atom stereocenters. The molecule has 1 heterocycles. The molecule has 0 aliphatic heterocycles. The number of sulfone groups is 1. The number of non-ortho nitro benzene ring substituents is 1. The highest BCUT2D eigenvalue weighted by atomic mass is 35.5. The van der Waals surface area contributed by atoms with Gasteiger partial charge in [0.25, 0.3) is 5.69 Å². The molecule has 0 aliphatic carbocycles. The molecule has 0 radical (unpaired) electrons. The van der Waals surface area contributed by atoms with E-state index in [1.165, 1.54) is 36.4 Å². The summed E-state index contributed by atoms with van der Waals surface area (Å²) in [5.41, 5.74) is 2.11. The summed E-state index contributed by atoms with van der Waals surface area (Å²) in [5.74, 6) is 0.101. The summed E-state index contributed by atoms with van der Waals surface area (Å²) >= 11 is 6.55. The van der Waals surface area contributed by atoms with Crippen LogP contribution in [0.2, 0.25) is 0 Å². The van der Waals surface area contributed by atoms with E-state index in [1.54, 1.807) is 36.4 Å². The van der Waals surface area contributed by atoms with Crippen molar-refractivity contribution in [1.82, 2.24) is 15.2 Å². The fourth-order valence-electron chi connectivity index (χ4n) is 3.15. The fourth-order valence-corrected chi connectivity index (χ4v) is 4.82. The first-order valence-corrected chi connectivity index (χ1v) is 11.7. The molecule has 1 aromatic heterocycles. The van der Waals surface area contributed by atoms with Gasteiger partial charge in [-0.25, -0.2) is 13.4 Å². The summed E-state index contributed by atoms with van der Waals surface area (Å²) in [6, 6.07) is 20.8. The molecule has 0 saturated heterocycles. The van der Waals surface area contributed by atoms with E-state index in [-0.39, 0.29) is 27.8 Å². The van der Waals surface area contributed by atoms with Crippen LogP contribution < -0.4 is 0 Å². The van der Waals surface area contributed by atoms with Crippen LogP contribution in [-0.2, 0) is 9.84 Å². The van der Waals surface area contributed by atoms with Gasteiger partial charge in [0.1, 0.15) is 11.4 Å². The zero-order chi connectivity index (χ0) is 23.6. The monoisotopic (exact) mass is 480 g/mol. The van der Waals surface area contributed by atoms with Gasteiger partial charge in [-0.1, -0.05) is 59.6 Å². The molecule has 8 nitrogen and oxygen atoms in total. The summed E-state index contributed by atoms with van der Waals surface area (Å²) in [6.07, 6.45) is 0. The smallest absolute Gasteiger partial charge is 0.258 e. The van der Waals surface area contributed by atoms with E-state index in [0.717, 1.165) is 5.56 Å². The molecule has 4 aromatic rings. The molecule has 0 amide bonds. The van der Waals surface area contributed by atoms with E-state index in [2.05, 4.69) is 15.2 Å². The van der Waals surface area contributed by atoms with E-state index in [9.17, 15) is 18.5 Å². The van der Waals surface area contributed by atoms with E-state index < -0.39 is 19.5 Å². The summed E-state index contributed by atoms with van der Waals surface area (Å²) in [6.45, 7) is 1.85. The van der Waals surface area contributed by atoms with Crippen molar-refractivity contribution in [3.63, 3.8) is 0 Å². The molecular weight excluding hydrogens is 464 g/mol. The van der Waals surface area contributed by atoms with Gasteiger partial charge in [-0.3, -0.25) is 10.1 Å². The first-order chi connectivity index (χ1) is 15.8. The van der Waals surface area contributed by atoms with Gasteiger partial charge in [-0.2, -0.15) is 0 Å². The van der Waals surface area contributed by atoms with E-state index >= 15 is 0 Å². The van der Waals surface area contributed by atoms with Gasteiger partial charge in [-0.15, -0.1) is 10.2 Å². The highest BCUT2D eigenvalue weighted by molar-refractivity contribution is 7.92. The average Bonchev–Trinajstić information content (AvgIpc) is 2.84. The van der Waals surface area contributed by atoms with Crippen molar-refractivity contribution >= 4 is 27.1 Å². The Hall–Kier alpha value is -3.69. The lowest BCUT2D eigenvalue weighted by atomic mass is 10.1. The third-order valence-corrected chi connectivity index (χ3v) is 7.54. The molecular formula is C23H17ClN4O4S. The van der Waals surface area contributed by atoms with Gasteiger partial charge in [0.05, 0.1) is 9.82 Å². The second kappa shape index (κ2) is 9.05. The Labute approximate surface area is 195 Å². The molecule has 0 N–H and O–H groups in total. The van der Waals surface area contributed by atoms with Gasteiger partial charge in [0, 0.05) is 23.3 Å². The number of halogens is 1. The second-order valence-electron chi connectivity index (χ2n) is 7.21. The van der Waals surface area contributed by atoms with Crippen LogP contribution >= 0.6 is 11.6 Å². The Kier molecular flexibility index (Phi) is 6.17. The first kappa shape index (κ1) is 22.5. The van der Waals surface area contributed by atoms with Crippen molar-refractivity contribution < 1.29 is 13.3 Å². The Morgan fingerprint density at radius 1 is 0.879 bits per heavy atom. The molecule has 0 spiro atoms. The number of alkyl halides is 1. The number of nitrogens with zero attached hydrogens (tertiary/aromatic N) is 4. The van der Waals surface area contributed by atoms with Crippen molar-refractivity contribution in [1.29, 1.82) is 0 Å². The lowest BCUT2D eigenvalue weighted by Crippen LogP contribution is -2.14. The van der Waals surface area contributed by atoms with Gasteiger partial charge in [-0.05, 0) is 31.2 Å². The van der Waals surface area contributed by atoms with Crippen LogP contribution in [0, 0.1) is 17.0 Å². The number of aromatic nitrogens is 3. The zero-order valence-electron chi connectivity index (χ0n) is 17.3. The van der Waals surface area contributed by atoms with Gasteiger partial charge in [0.2, 0.25) is 9.84 Å². The predicted octanol–water partition coefficient (Wildman–Crippen LogP) is 5.13. The largest absolute Gasteiger partial charge is 0.269 e. The van der Waals surface area contributed by atoms with Crippen LogP contribution in [0.1, 0.15) is 16.0 Å². The molecule has 4 rings (SSSR count). The molecule has 3 aromatic carbocycles. The average molecular weight is 481 g/mol. The molecule has 10 heteroatoms. The quantitative estimate of drug-likeness (QED) is 0.213. The topological polar surface area (TPSA) is 116 Å². The van der Waals surface area contributed by atoms with Gasteiger partial charge >= 0.3 is 0 Å². The van der Waals surface area contributed by atoms with Crippen LogP contribution in [0.25, 0.3) is 22.6 Å². The number of nitro groups is 1. The molecule has 0 bridgehead atoms. The van der Waals surface area contributed by atoms with E-state index in [0.29, 0.717) is 11.1 Å². The Morgan fingerprint density at radius 2 is 1.52 bits per heavy atom. The molecule has 0 saturated carbocycles. The standard InChI is InChI=1S/C23H17ClN4O4S/c1-15-7-13-19(14-8-15)33(31,32)22(24)21-20(16-5-3-2-4-6-16)26-27-23(25-21)17-9-11-18(12-10-17)28(29)30/h2-14,22H,1H3. The Morgan fingerprint density at radius 3 is 2.12 bits per heavy atom. The number of aryl methyl sites for hydroxylation is 1. The Bertz CT molecular complexity index is 1410. The van der Waals surface area contributed by atoms with Crippen molar-refractivity contribution in [3.8, 4) is 22.6 Å². The third-order valence-electron chi connectivity index (χ3n) is 4.93. The lowest BCUT2D eigenvalue weighted by molar-refractivity contribution is -0.384. The maximum absolute atomic E-state index is 13.3. The maximum atomic E-state index is 13.3. The summed E-state index contributed by atoms with van der Waals surface area (Å²) in [7, 11) is -4.01. The number of hydrogen-bond donors (Lipinski definition) is 0. The number of benzene rings is 3. The minimum atomic E-state index is -4.01. The van der Waals surface area contributed by atoms with Crippen molar-refractivity contribution in [3.05, 3.63) is 100 Å².